The maximum absolute atomic E-state index is 12.2. The predicted octanol–water partition coefficient (Wildman–Crippen LogP) is 18.6. The molecule has 0 radical (unpaired) electrons. The summed E-state index contributed by atoms with van der Waals surface area (Å²) in [5.41, 5.74) is 10.8. The molecule has 0 unspecified atom stereocenters. The zero-order valence-electron chi connectivity index (χ0n) is 89.2. The SMILES string of the molecule is CC(C)(C)S(=O)(=O)NCCCCC(=O)Nc1ccc(N2CCCC2)cc1.CC(C)(C)S(=O)(=O)NCCCCC(=O)Nc1ccc(N2CCN(c3ccccc3)CC2)cc1.CC(C)(C)S(=O)(=O)NCCCCC(=O)Nc1ccc(Oc2ccccc2)cc1.CC(C)N(c1ccccc1)c1ccc(NC(=O)CCCCNS(=O)(=O)C(C)(C)C)cc1.CN1CCN(c2ccc(NC(=O)CCCCNS(=O)(=O)C(C)(C)C)cc2)CC1. The van der Waals surface area contributed by atoms with Crippen LogP contribution in [0.3, 0.4) is 0 Å². The minimum absolute atomic E-state index is 0.0439. The summed E-state index contributed by atoms with van der Waals surface area (Å²) in [4.78, 5) is 74.6. The number of amides is 5. The number of unbranched alkanes of at least 4 members (excludes halogenated alkanes) is 5. The Morgan fingerprint density at radius 3 is 0.747 bits per heavy atom. The molecular formula is C109H164N16O16S5. The summed E-state index contributed by atoms with van der Waals surface area (Å²) < 4.78 is 134. The number of nitrogens with one attached hydrogen (secondary N) is 10. The van der Waals surface area contributed by atoms with Gasteiger partial charge in [-0.15, -0.1) is 0 Å². The first kappa shape index (κ1) is 122. The quantitative estimate of drug-likeness (QED) is 0.0159. The van der Waals surface area contributed by atoms with Crippen molar-refractivity contribution < 1.29 is 70.8 Å². The molecule has 3 fully saturated rings. The van der Waals surface area contributed by atoms with E-state index >= 15 is 0 Å². The van der Waals surface area contributed by atoms with Crippen LogP contribution in [0.2, 0.25) is 0 Å². The second-order valence-electron chi connectivity index (χ2n) is 41.8. The van der Waals surface area contributed by atoms with Crippen LogP contribution in [0.1, 0.15) is 227 Å². The summed E-state index contributed by atoms with van der Waals surface area (Å²) in [6, 6.07) is 69.3. The molecule has 10 N–H and O–H groups in total. The van der Waals surface area contributed by atoms with Crippen LogP contribution in [-0.4, -0.2) is 212 Å². The lowest BCUT2D eigenvalue weighted by Crippen LogP contribution is -2.46. The summed E-state index contributed by atoms with van der Waals surface area (Å²) >= 11 is 0. The highest BCUT2D eigenvalue weighted by atomic mass is 32.2. The van der Waals surface area contributed by atoms with Gasteiger partial charge in [0.15, 0.2) is 0 Å². The fourth-order valence-corrected chi connectivity index (χ4v) is 19.0. The van der Waals surface area contributed by atoms with Crippen LogP contribution in [0, 0.1) is 0 Å². The molecule has 0 aromatic heterocycles. The smallest absolute Gasteiger partial charge is 0.224 e. The van der Waals surface area contributed by atoms with Crippen LogP contribution >= 0.6 is 0 Å². The van der Waals surface area contributed by atoms with Gasteiger partial charge in [-0.05, 0) is 360 Å². The van der Waals surface area contributed by atoms with Gasteiger partial charge in [-0.3, -0.25) is 24.0 Å². The standard InChI is InChI=1S/C25H36N4O3S.C24H35N3O3S.C21H28N2O4S.C20H34N4O3S.C19H31N3O3S/c1-25(2,3)33(31,32)26-16-8-7-11-24(30)27-21-12-14-23(15-13-21)29-19-17-28(18-20-29)22-9-5-4-6-10-22;1-19(2)27(21-11-7-6-8-12-21)22-16-14-20(15-17-22)26-23(28)13-9-10-18-25-31(29,30)24(3,4)5;1-21(2,3)28(25,26)22-16-8-7-11-20(24)23-17-12-14-19(15-13-17)27-18-9-5-4-6-10-18;1-20(2,3)28(26,27)21-12-6-5-7-19(25)22-17-8-10-18(11-9-17)24-15-13-23(4)14-16-24;1-19(2,3)26(24,25)20-13-5-4-8-18(23)21-16-9-11-17(12-10-16)22-14-6-7-15-22/h4-6,9-10,12-15,26H,7-8,11,16-20H2,1-3H3,(H,27,30);6-8,11-12,14-17,19,25H,9-10,13,18H2,1-5H3,(H,26,28);4-6,9-10,12-15,22H,7-8,11,16H2,1-3H3,(H,23,24);8-11,21H,5-7,12-16H2,1-4H3,(H,22,25);9-12,20H,4-8,13-15H2,1-3H3,(H,21,23). The molecule has 32 nitrogen and oxygen atoms in total. The summed E-state index contributed by atoms with van der Waals surface area (Å²) in [6.45, 7) is 41.2. The molecule has 37 heteroatoms. The lowest BCUT2D eigenvalue weighted by atomic mass is 10.1. The average molecular weight is 2110 g/mol. The molecule has 0 saturated carbocycles. The summed E-state index contributed by atoms with van der Waals surface area (Å²) in [6.07, 6.45) is 10.5. The van der Waals surface area contributed by atoms with Crippen molar-refractivity contribution in [3.63, 3.8) is 0 Å². The molecule has 146 heavy (non-hydrogen) atoms. The van der Waals surface area contributed by atoms with Crippen LogP contribution in [-0.2, 0) is 74.1 Å². The van der Waals surface area contributed by atoms with Crippen molar-refractivity contribution >= 4 is 142 Å². The van der Waals surface area contributed by atoms with Gasteiger partial charge in [-0.1, -0.05) is 54.6 Å². The van der Waals surface area contributed by atoms with Crippen LogP contribution in [0.4, 0.5) is 62.6 Å². The molecule has 0 spiro atoms. The van der Waals surface area contributed by atoms with E-state index in [4.69, 9.17) is 4.74 Å². The maximum Gasteiger partial charge on any atom is 0.224 e. The Balaban J connectivity index is 0.000000248. The third-order valence-corrected chi connectivity index (χ3v) is 35.3. The Bertz CT molecular complexity index is 5890. The van der Waals surface area contributed by atoms with Gasteiger partial charge in [0, 0.05) is 199 Å². The fraction of sp³-hybridized carbons (Fsp3) is 0.514. The lowest BCUT2D eigenvalue weighted by molar-refractivity contribution is -0.117. The Hall–Kier alpha value is -10.6. The second-order valence-corrected chi connectivity index (χ2v) is 54.4. The Morgan fingerprint density at radius 2 is 0.486 bits per heavy atom. The van der Waals surface area contributed by atoms with E-state index in [9.17, 15) is 66.1 Å². The topological polar surface area (TPSA) is 405 Å². The number of para-hydroxylation sites is 3. The highest BCUT2D eigenvalue weighted by Gasteiger charge is 2.33. The summed E-state index contributed by atoms with van der Waals surface area (Å²) in [5.74, 6) is 1.11. The molecule has 8 aromatic rings. The first-order chi connectivity index (χ1) is 68.6. The van der Waals surface area contributed by atoms with Crippen molar-refractivity contribution in [2.75, 3.05) is 156 Å². The number of piperazine rings is 2. The minimum Gasteiger partial charge on any atom is -0.457 e. The number of rotatable bonds is 44. The number of nitrogens with zero attached hydrogens (tertiary/aromatic N) is 6. The lowest BCUT2D eigenvalue weighted by Gasteiger charge is -2.37. The maximum atomic E-state index is 12.2. The van der Waals surface area contributed by atoms with Crippen LogP contribution in [0.5, 0.6) is 11.5 Å². The third kappa shape index (κ3) is 43.3. The van der Waals surface area contributed by atoms with Crippen LogP contribution in [0.15, 0.2) is 212 Å². The van der Waals surface area contributed by atoms with E-state index in [1.165, 1.54) is 29.9 Å². The monoisotopic (exact) mass is 2110 g/mol. The summed E-state index contributed by atoms with van der Waals surface area (Å²) in [7, 11) is -14.5. The van der Waals surface area contributed by atoms with E-state index in [1.807, 2.05) is 140 Å². The number of carbonyl (C=O) groups excluding carboxylic acids is 5. The number of hydrogen-bond donors (Lipinski definition) is 10. The fourth-order valence-electron chi connectivity index (χ4n) is 14.7. The van der Waals surface area contributed by atoms with Crippen LogP contribution < -0.4 is 79.4 Å². The highest BCUT2D eigenvalue weighted by molar-refractivity contribution is 7.92. The zero-order valence-corrected chi connectivity index (χ0v) is 93.3. The molecule has 11 rings (SSSR count). The first-order valence-corrected chi connectivity index (χ1v) is 58.3. The van der Waals surface area contributed by atoms with Crippen molar-refractivity contribution in [1.82, 2.24) is 28.5 Å². The van der Waals surface area contributed by atoms with E-state index in [1.54, 1.807) is 128 Å². The molecule has 3 aliphatic heterocycles. The zero-order chi connectivity index (χ0) is 108. The first-order valence-electron chi connectivity index (χ1n) is 50.9. The number of carbonyl (C=O) groups is 5. The van der Waals surface area contributed by atoms with E-state index in [2.05, 4.69) is 149 Å². The normalized spacial score (nSPS) is 14.0. The van der Waals surface area contributed by atoms with Gasteiger partial charge >= 0.3 is 0 Å². The van der Waals surface area contributed by atoms with Crippen molar-refractivity contribution in [2.45, 2.75) is 257 Å². The van der Waals surface area contributed by atoms with Crippen molar-refractivity contribution in [3.8, 4) is 11.5 Å². The van der Waals surface area contributed by atoms with Gasteiger partial charge < -0.3 is 60.7 Å². The van der Waals surface area contributed by atoms with E-state index in [0.717, 1.165) is 111 Å². The van der Waals surface area contributed by atoms with Gasteiger partial charge in [-0.25, -0.2) is 65.7 Å². The molecule has 3 saturated heterocycles. The number of anilines is 11. The van der Waals surface area contributed by atoms with E-state index in [0.29, 0.717) is 147 Å². The molecule has 5 amide bonds. The van der Waals surface area contributed by atoms with Gasteiger partial charge in [0.25, 0.3) is 0 Å². The number of likely N-dealkylation sites (N-methyl/N-ethyl adjacent to an activating group) is 1. The van der Waals surface area contributed by atoms with E-state index < -0.39 is 73.9 Å². The Labute approximate surface area is 872 Å². The Kier molecular flexibility index (Phi) is 48.9. The number of sulfonamides is 5. The highest BCUT2D eigenvalue weighted by Crippen LogP contribution is 2.32. The molecule has 806 valence electrons. The summed E-state index contributed by atoms with van der Waals surface area (Å²) in [5, 5.41) is 14.5. The van der Waals surface area contributed by atoms with Gasteiger partial charge in [0.05, 0.1) is 23.7 Å². The van der Waals surface area contributed by atoms with Crippen LogP contribution in [0.25, 0.3) is 0 Å². The van der Waals surface area contributed by atoms with Crippen molar-refractivity contribution in [1.29, 1.82) is 0 Å². The number of ether oxygens (including phenoxy) is 1. The van der Waals surface area contributed by atoms with Gasteiger partial charge in [0.1, 0.15) is 11.5 Å². The van der Waals surface area contributed by atoms with E-state index in [-0.39, 0.29) is 29.5 Å². The Morgan fingerprint density at radius 1 is 0.274 bits per heavy atom. The second kappa shape index (κ2) is 58.4. The molecule has 8 aromatic carbocycles. The molecule has 0 bridgehead atoms. The van der Waals surface area contributed by atoms with Crippen molar-refractivity contribution in [3.05, 3.63) is 212 Å². The molecule has 3 heterocycles. The van der Waals surface area contributed by atoms with Crippen molar-refractivity contribution in [2.24, 2.45) is 0 Å². The third-order valence-electron chi connectivity index (χ3n) is 24.3. The van der Waals surface area contributed by atoms with Gasteiger partial charge in [0.2, 0.25) is 79.7 Å². The molecule has 3 aliphatic rings. The molecular weight excluding hydrogens is 1950 g/mol. The number of benzene rings is 8. The average Bonchev–Trinajstić information content (AvgIpc) is 0.893. The number of hydrogen-bond acceptors (Lipinski definition) is 22. The minimum atomic E-state index is -3.34. The molecule has 0 aliphatic carbocycles. The van der Waals surface area contributed by atoms with Gasteiger partial charge in [-0.2, -0.15) is 0 Å². The molecule has 0 atom stereocenters. The predicted molar refractivity (Wildman–Crippen MR) is 600 cm³/mol. The largest absolute Gasteiger partial charge is 0.457 e.